The smallest absolute Gasteiger partial charge is 0.323 e. The van der Waals surface area contributed by atoms with E-state index in [9.17, 15) is 14.4 Å². The Morgan fingerprint density at radius 3 is 2.55 bits per heavy atom. The average molecular weight is 454 g/mol. The Morgan fingerprint density at radius 1 is 1.03 bits per heavy atom. The zero-order chi connectivity index (χ0) is 22.1. The second kappa shape index (κ2) is 8.53. The van der Waals surface area contributed by atoms with Crippen LogP contribution in [0.1, 0.15) is 16.7 Å². The van der Waals surface area contributed by atoms with Gasteiger partial charge in [0.05, 0.1) is 22.8 Å². The van der Waals surface area contributed by atoms with Gasteiger partial charge in [-0.25, -0.2) is 4.79 Å². The second-order valence-corrected chi connectivity index (χ2v) is 8.66. The molecule has 2 aromatic carbocycles. The molecule has 0 fully saturated rings. The summed E-state index contributed by atoms with van der Waals surface area (Å²) in [5, 5.41) is 4.88. The van der Waals surface area contributed by atoms with Gasteiger partial charge in [-0.15, -0.1) is 11.3 Å². The van der Waals surface area contributed by atoms with Crippen molar-refractivity contribution >= 4 is 44.7 Å². The van der Waals surface area contributed by atoms with Crippen LogP contribution in [0.15, 0.2) is 63.5 Å². The van der Waals surface area contributed by atoms with E-state index in [0.29, 0.717) is 20.9 Å². The molecule has 1 N–H and O–H groups in total. The average Bonchev–Trinajstić information content (AvgIpc) is 3.23. The number of amides is 1. The molecule has 6 nitrogen and oxygen atoms in total. The molecule has 0 aliphatic carbocycles. The highest BCUT2D eigenvalue weighted by Crippen LogP contribution is 2.21. The van der Waals surface area contributed by atoms with E-state index in [-0.39, 0.29) is 18.6 Å². The third-order valence-corrected chi connectivity index (χ3v) is 6.42. The first kappa shape index (κ1) is 21.1. The highest BCUT2D eigenvalue weighted by molar-refractivity contribution is 7.17. The monoisotopic (exact) mass is 453 g/mol. The van der Waals surface area contributed by atoms with Crippen LogP contribution in [0.5, 0.6) is 0 Å². The summed E-state index contributed by atoms with van der Waals surface area (Å²) in [6.45, 7) is 3.90. The van der Waals surface area contributed by atoms with Gasteiger partial charge in [0.15, 0.2) is 0 Å². The first-order valence-electron chi connectivity index (χ1n) is 9.66. The summed E-state index contributed by atoms with van der Waals surface area (Å²) in [5.74, 6) is -0.404. The van der Waals surface area contributed by atoms with Gasteiger partial charge in [-0.2, -0.15) is 0 Å². The fourth-order valence-electron chi connectivity index (χ4n) is 3.41. The van der Waals surface area contributed by atoms with Gasteiger partial charge in [-0.3, -0.25) is 18.7 Å². The third-order valence-electron chi connectivity index (χ3n) is 5.20. The predicted molar refractivity (Wildman–Crippen MR) is 125 cm³/mol. The number of aryl methyl sites for hydroxylation is 2. The summed E-state index contributed by atoms with van der Waals surface area (Å²) >= 11 is 7.37. The number of aromatic nitrogens is 2. The number of nitrogens with zero attached hydrogens (tertiary/aromatic N) is 2. The minimum Gasteiger partial charge on any atom is -0.323 e. The highest BCUT2D eigenvalue weighted by Gasteiger charge is 2.17. The Hall–Kier alpha value is -3.16. The number of nitrogens with one attached hydrogen (secondary N) is 1. The standard InChI is InChI=1S/C23H20ClN3O3S/c1-14-7-8-16(11-15(14)2)12-27-22(29)21-19(9-10-31-21)26(23(27)30)13-20(28)25-18-6-4-3-5-17(18)24/h3-11H,12-13H2,1-2H3,(H,25,28). The number of hydrogen-bond donors (Lipinski definition) is 1. The predicted octanol–water partition coefficient (Wildman–Crippen LogP) is 4.18. The van der Waals surface area contributed by atoms with Crippen LogP contribution in [0.25, 0.3) is 10.2 Å². The normalized spacial score (nSPS) is 11.1. The Kier molecular flexibility index (Phi) is 5.80. The molecule has 0 atom stereocenters. The molecule has 1 amide bonds. The number of rotatable bonds is 5. The van der Waals surface area contributed by atoms with Crippen molar-refractivity contribution in [1.29, 1.82) is 0 Å². The number of para-hydroxylation sites is 1. The fourth-order valence-corrected chi connectivity index (χ4v) is 4.43. The summed E-state index contributed by atoms with van der Waals surface area (Å²) in [5.41, 5.74) is 3.11. The summed E-state index contributed by atoms with van der Waals surface area (Å²) in [7, 11) is 0. The molecule has 4 aromatic rings. The lowest BCUT2D eigenvalue weighted by Crippen LogP contribution is -2.41. The van der Waals surface area contributed by atoms with Crippen molar-refractivity contribution in [3.8, 4) is 0 Å². The van der Waals surface area contributed by atoms with Gasteiger partial charge >= 0.3 is 5.69 Å². The van der Waals surface area contributed by atoms with E-state index in [0.717, 1.165) is 16.7 Å². The van der Waals surface area contributed by atoms with Crippen LogP contribution in [-0.4, -0.2) is 15.0 Å². The van der Waals surface area contributed by atoms with Gasteiger partial charge < -0.3 is 5.32 Å². The Balaban J connectivity index is 1.73. The molecular weight excluding hydrogens is 434 g/mol. The van der Waals surface area contributed by atoms with Gasteiger partial charge in [0, 0.05) is 0 Å². The number of carbonyl (C=O) groups excluding carboxylic acids is 1. The van der Waals surface area contributed by atoms with Crippen LogP contribution >= 0.6 is 22.9 Å². The van der Waals surface area contributed by atoms with Crippen LogP contribution in [0.4, 0.5) is 5.69 Å². The van der Waals surface area contributed by atoms with Crippen LogP contribution in [0, 0.1) is 13.8 Å². The molecule has 0 aliphatic heterocycles. The molecule has 158 valence electrons. The number of benzene rings is 2. The van der Waals surface area contributed by atoms with Crippen LogP contribution in [0.2, 0.25) is 5.02 Å². The van der Waals surface area contributed by atoms with E-state index in [1.807, 2.05) is 32.0 Å². The fraction of sp³-hybridized carbons (Fsp3) is 0.174. The van der Waals surface area contributed by atoms with Crippen molar-refractivity contribution in [1.82, 2.24) is 9.13 Å². The Labute approximate surface area is 187 Å². The van der Waals surface area contributed by atoms with Gasteiger partial charge in [0.25, 0.3) is 5.56 Å². The number of hydrogen-bond acceptors (Lipinski definition) is 4. The molecule has 0 aliphatic rings. The largest absolute Gasteiger partial charge is 0.332 e. The van der Waals surface area contributed by atoms with Crippen LogP contribution in [-0.2, 0) is 17.9 Å². The summed E-state index contributed by atoms with van der Waals surface area (Å²) < 4.78 is 2.96. The van der Waals surface area contributed by atoms with Crippen molar-refractivity contribution in [2.75, 3.05) is 5.32 Å². The lowest BCUT2D eigenvalue weighted by molar-refractivity contribution is -0.116. The van der Waals surface area contributed by atoms with E-state index in [2.05, 4.69) is 5.32 Å². The molecule has 0 bridgehead atoms. The Bertz CT molecular complexity index is 1420. The molecule has 0 radical (unpaired) electrons. The lowest BCUT2D eigenvalue weighted by Gasteiger charge is -2.13. The first-order valence-corrected chi connectivity index (χ1v) is 10.9. The van der Waals surface area contributed by atoms with E-state index in [4.69, 9.17) is 11.6 Å². The summed E-state index contributed by atoms with van der Waals surface area (Å²) in [4.78, 5) is 38.9. The zero-order valence-corrected chi connectivity index (χ0v) is 18.6. The SMILES string of the molecule is Cc1ccc(Cn2c(=O)c3sccc3n(CC(=O)Nc3ccccc3Cl)c2=O)cc1C. The van der Waals surface area contributed by atoms with E-state index in [1.54, 1.807) is 35.7 Å². The number of thiophene rings is 1. The number of carbonyl (C=O) groups is 1. The first-order chi connectivity index (χ1) is 14.8. The molecule has 0 spiro atoms. The van der Waals surface area contributed by atoms with Crippen molar-refractivity contribution in [3.05, 3.63) is 96.5 Å². The number of fused-ring (bicyclic) bond motifs is 1. The quantitative estimate of drug-likeness (QED) is 0.492. The topological polar surface area (TPSA) is 73.1 Å². The van der Waals surface area contributed by atoms with Crippen LogP contribution < -0.4 is 16.6 Å². The maximum Gasteiger partial charge on any atom is 0.332 e. The minimum absolute atomic E-state index is 0.138. The highest BCUT2D eigenvalue weighted by atomic mass is 35.5. The maximum atomic E-state index is 13.2. The van der Waals surface area contributed by atoms with E-state index in [1.165, 1.54) is 20.5 Å². The maximum absolute atomic E-state index is 13.2. The minimum atomic E-state index is -0.525. The van der Waals surface area contributed by atoms with E-state index < -0.39 is 11.6 Å². The van der Waals surface area contributed by atoms with Gasteiger partial charge in [0.2, 0.25) is 5.91 Å². The van der Waals surface area contributed by atoms with E-state index >= 15 is 0 Å². The van der Waals surface area contributed by atoms with Crippen LogP contribution in [0.3, 0.4) is 0 Å². The van der Waals surface area contributed by atoms with Crippen molar-refractivity contribution in [2.45, 2.75) is 26.9 Å². The molecule has 2 heterocycles. The van der Waals surface area contributed by atoms with Crippen molar-refractivity contribution < 1.29 is 4.79 Å². The second-order valence-electron chi connectivity index (χ2n) is 7.34. The molecular formula is C23H20ClN3O3S. The molecule has 0 unspecified atom stereocenters. The molecule has 0 saturated carbocycles. The molecule has 2 aromatic heterocycles. The molecule has 31 heavy (non-hydrogen) atoms. The molecule has 4 rings (SSSR count). The van der Waals surface area contributed by atoms with Gasteiger partial charge in [0.1, 0.15) is 11.2 Å². The number of anilines is 1. The zero-order valence-electron chi connectivity index (χ0n) is 17.0. The van der Waals surface area contributed by atoms with Crippen molar-refractivity contribution in [2.24, 2.45) is 0 Å². The third kappa shape index (κ3) is 4.19. The Morgan fingerprint density at radius 2 is 1.81 bits per heavy atom. The van der Waals surface area contributed by atoms with Crippen molar-refractivity contribution in [3.63, 3.8) is 0 Å². The van der Waals surface area contributed by atoms with Gasteiger partial charge in [-0.05, 0) is 54.1 Å². The molecule has 0 saturated heterocycles. The summed E-state index contributed by atoms with van der Waals surface area (Å²) in [6, 6.07) is 14.4. The van der Waals surface area contributed by atoms with Gasteiger partial charge in [-0.1, -0.05) is 41.9 Å². The summed E-state index contributed by atoms with van der Waals surface area (Å²) in [6.07, 6.45) is 0. The molecule has 8 heteroatoms. The number of halogens is 1. The lowest BCUT2D eigenvalue weighted by atomic mass is 10.1.